The molecule has 0 aliphatic heterocycles. The van der Waals surface area contributed by atoms with Crippen molar-refractivity contribution in [1.82, 2.24) is 0 Å². The van der Waals surface area contributed by atoms with Crippen LogP contribution in [0.15, 0.2) is 12.1 Å². The maximum atomic E-state index is 13.0. The van der Waals surface area contributed by atoms with Crippen molar-refractivity contribution in [2.75, 3.05) is 6.61 Å². The maximum Gasteiger partial charge on any atom is 0.338 e. The fourth-order valence-corrected chi connectivity index (χ4v) is 1.99. The number of carbonyl (C=O) groups excluding carboxylic acids is 1. The van der Waals surface area contributed by atoms with Crippen molar-refractivity contribution < 1.29 is 18.3 Å². The zero-order valence-electron chi connectivity index (χ0n) is 9.54. The van der Waals surface area contributed by atoms with Gasteiger partial charge in [-0.05, 0) is 24.6 Å². The number of ether oxygens (including phenoxy) is 1. The molecule has 3 nitrogen and oxygen atoms in total. The van der Waals surface area contributed by atoms with Gasteiger partial charge in [0.25, 0.3) is 6.43 Å². The summed E-state index contributed by atoms with van der Waals surface area (Å²) in [6.45, 7) is 1.67. The van der Waals surface area contributed by atoms with Gasteiger partial charge in [-0.1, -0.05) is 15.9 Å². The lowest BCUT2D eigenvalue weighted by Crippen LogP contribution is -2.11. The van der Waals surface area contributed by atoms with Crippen LogP contribution in [0.2, 0.25) is 0 Å². The third-order valence-corrected chi connectivity index (χ3v) is 2.86. The Morgan fingerprint density at radius 1 is 1.56 bits per heavy atom. The summed E-state index contributed by atoms with van der Waals surface area (Å²) in [6.07, 6.45) is -2.80. The Morgan fingerprint density at radius 3 is 2.67 bits per heavy atom. The van der Waals surface area contributed by atoms with E-state index in [1.807, 2.05) is 6.07 Å². The predicted molar refractivity (Wildman–Crippen MR) is 64.7 cm³/mol. The van der Waals surface area contributed by atoms with Crippen molar-refractivity contribution in [1.29, 1.82) is 5.26 Å². The summed E-state index contributed by atoms with van der Waals surface area (Å²) in [5.41, 5.74) is -0.270. The normalized spacial score (nSPS) is 10.2. The van der Waals surface area contributed by atoms with Crippen LogP contribution in [0.3, 0.4) is 0 Å². The second-order valence-electron chi connectivity index (χ2n) is 3.36. The molecule has 1 aromatic carbocycles. The highest BCUT2D eigenvalue weighted by Crippen LogP contribution is 2.30. The third-order valence-electron chi connectivity index (χ3n) is 2.25. The number of nitrogens with zero attached hydrogens (tertiary/aromatic N) is 1. The number of rotatable bonds is 4. The number of halogens is 3. The first-order valence-corrected chi connectivity index (χ1v) is 6.25. The minimum atomic E-state index is -2.80. The van der Waals surface area contributed by atoms with Crippen LogP contribution in [0.4, 0.5) is 8.78 Å². The highest BCUT2D eigenvalue weighted by molar-refractivity contribution is 9.08. The quantitative estimate of drug-likeness (QED) is 0.630. The molecule has 0 atom stereocenters. The van der Waals surface area contributed by atoms with Gasteiger partial charge in [-0.3, -0.25) is 0 Å². The molecule has 1 rings (SSSR count). The number of alkyl halides is 3. The number of esters is 1. The third kappa shape index (κ3) is 3.05. The van der Waals surface area contributed by atoms with Gasteiger partial charge in [0.05, 0.1) is 23.8 Å². The van der Waals surface area contributed by atoms with Crippen molar-refractivity contribution in [3.63, 3.8) is 0 Å². The summed E-state index contributed by atoms with van der Waals surface area (Å²) in [5.74, 6) is -0.841. The molecule has 0 amide bonds. The van der Waals surface area contributed by atoms with Crippen molar-refractivity contribution in [3.05, 3.63) is 34.4 Å². The minimum Gasteiger partial charge on any atom is -0.462 e. The summed E-state index contributed by atoms with van der Waals surface area (Å²) in [6, 6.07) is 4.29. The summed E-state index contributed by atoms with van der Waals surface area (Å²) >= 11 is 3.07. The first kappa shape index (κ1) is 14.6. The van der Waals surface area contributed by atoms with Crippen molar-refractivity contribution in [2.45, 2.75) is 18.7 Å². The van der Waals surface area contributed by atoms with Crippen LogP contribution in [-0.2, 0) is 10.1 Å². The number of hydrogen-bond donors (Lipinski definition) is 0. The first-order chi connectivity index (χ1) is 8.54. The average molecular weight is 318 g/mol. The standard InChI is InChI=1S/C12H10BrF2NO2/c1-2-18-12(17)9-4-7(6-16)3-8(5-13)10(9)11(14)15/h3-4,11H,2,5H2,1H3. The van der Waals surface area contributed by atoms with Crippen molar-refractivity contribution in [3.8, 4) is 6.07 Å². The smallest absolute Gasteiger partial charge is 0.338 e. The minimum absolute atomic E-state index is 0.0853. The Balaban J connectivity index is 3.45. The molecular weight excluding hydrogens is 308 g/mol. The van der Waals surface area contributed by atoms with Crippen LogP contribution < -0.4 is 0 Å². The highest BCUT2D eigenvalue weighted by atomic mass is 79.9. The van der Waals surface area contributed by atoms with Crippen LogP contribution in [0.5, 0.6) is 0 Å². The molecule has 0 radical (unpaired) electrons. The van der Waals surface area contributed by atoms with Gasteiger partial charge in [-0.15, -0.1) is 0 Å². The molecule has 6 heteroatoms. The van der Waals surface area contributed by atoms with Crippen molar-refractivity contribution >= 4 is 21.9 Å². The molecule has 0 aromatic heterocycles. The maximum absolute atomic E-state index is 13.0. The van der Waals surface area contributed by atoms with Crippen LogP contribution in [0, 0.1) is 11.3 Å². The Morgan fingerprint density at radius 2 is 2.22 bits per heavy atom. The molecule has 0 N–H and O–H groups in total. The lowest BCUT2D eigenvalue weighted by molar-refractivity contribution is 0.0515. The van der Waals surface area contributed by atoms with Crippen LogP contribution in [0.25, 0.3) is 0 Å². The molecular formula is C12H10BrF2NO2. The highest BCUT2D eigenvalue weighted by Gasteiger charge is 2.23. The topological polar surface area (TPSA) is 50.1 Å². The van der Waals surface area contributed by atoms with E-state index in [-0.39, 0.29) is 34.2 Å². The first-order valence-electron chi connectivity index (χ1n) is 5.13. The molecule has 0 unspecified atom stereocenters. The van der Waals surface area contributed by atoms with Gasteiger partial charge in [0.1, 0.15) is 0 Å². The average Bonchev–Trinajstić information content (AvgIpc) is 2.36. The van der Waals surface area contributed by atoms with Gasteiger partial charge < -0.3 is 4.74 Å². The zero-order chi connectivity index (χ0) is 13.7. The molecule has 18 heavy (non-hydrogen) atoms. The molecule has 0 spiro atoms. The van der Waals surface area contributed by atoms with Crippen LogP contribution >= 0.6 is 15.9 Å². The van der Waals surface area contributed by atoms with E-state index in [1.54, 1.807) is 6.92 Å². The second-order valence-corrected chi connectivity index (χ2v) is 3.92. The number of hydrogen-bond acceptors (Lipinski definition) is 3. The summed E-state index contributed by atoms with van der Waals surface area (Å²) < 4.78 is 30.7. The van der Waals surface area contributed by atoms with Crippen molar-refractivity contribution in [2.24, 2.45) is 0 Å². The molecule has 0 saturated heterocycles. The van der Waals surface area contributed by atoms with Gasteiger partial charge in [-0.25, -0.2) is 13.6 Å². The van der Waals surface area contributed by atoms with Crippen LogP contribution in [0.1, 0.15) is 40.4 Å². The summed E-state index contributed by atoms with van der Waals surface area (Å²) in [7, 11) is 0. The molecule has 0 bridgehead atoms. The van der Waals surface area contributed by atoms with E-state index in [0.717, 1.165) is 6.07 Å². The largest absolute Gasteiger partial charge is 0.462 e. The van der Waals surface area contributed by atoms with E-state index >= 15 is 0 Å². The van der Waals surface area contributed by atoms with Gasteiger partial charge in [-0.2, -0.15) is 5.26 Å². The Kier molecular flexibility index (Phi) is 5.23. The molecule has 0 aliphatic carbocycles. The lowest BCUT2D eigenvalue weighted by atomic mass is 9.99. The molecule has 0 heterocycles. The Hall–Kier alpha value is -1.48. The molecule has 96 valence electrons. The van der Waals surface area contributed by atoms with Gasteiger partial charge in [0.15, 0.2) is 0 Å². The van der Waals surface area contributed by atoms with Gasteiger partial charge in [0, 0.05) is 10.9 Å². The van der Waals surface area contributed by atoms with E-state index in [0.29, 0.717) is 0 Å². The number of nitriles is 1. The lowest BCUT2D eigenvalue weighted by Gasteiger charge is -2.12. The summed E-state index contributed by atoms with van der Waals surface area (Å²) in [4.78, 5) is 11.6. The summed E-state index contributed by atoms with van der Waals surface area (Å²) in [5, 5.41) is 8.95. The van der Waals surface area contributed by atoms with E-state index in [1.165, 1.54) is 6.07 Å². The van der Waals surface area contributed by atoms with E-state index in [9.17, 15) is 13.6 Å². The zero-order valence-corrected chi connectivity index (χ0v) is 11.1. The van der Waals surface area contributed by atoms with Gasteiger partial charge >= 0.3 is 5.97 Å². The Labute approximate surface area is 111 Å². The van der Waals surface area contributed by atoms with Crippen LogP contribution in [-0.4, -0.2) is 12.6 Å². The monoisotopic (exact) mass is 317 g/mol. The SMILES string of the molecule is CCOC(=O)c1cc(C#N)cc(CBr)c1C(F)F. The molecule has 0 aliphatic rings. The predicted octanol–water partition coefficient (Wildman–Crippen LogP) is 3.57. The second kappa shape index (κ2) is 6.45. The van der Waals surface area contributed by atoms with E-state index in [2.05, 4.69) is 15.9 Å². The Bertz CT molecular complexity index is 498. The molecule has 0 fully saturated rings. The van der Waals surface area contributed by atoms with E-state index < -0.39 is 12.4 Å². The molecule has 1 aromatic rings. The fraction of sp³-hybridized carbons (Fsp3) is 0.333. The number of carbonyl (C=O) groups is 1. The van der Waals surface area contributed by atoms with Gasteiger partial charge in [0.2, 0.25) is 0 Å². The van der Waals surface area contributed by atoms with E-state index in [4.69, 9.17) is 10.00 Å². The number of benzene rings is 1. The molecule has 0 saturated carbocycles. The fourth-order valence-electron chi connectivity index (χ4n) is 1.52.